The summed E-state index contributed by atoms with van der Waals surface area (Å²) in [5, 5.41) is 2.84. The summed E-state index contributed by atoms with van der Waals surface area (Å²) in [5.41, 5.74) is 0. The Bertz CT molecular complexity index is 160. The van der Waals surface area contributed by atoms with Crippen LogP contribution in [0.2, 0.25) is 0 Å². The molecular weight excluding hydrogens is 248 g/mol. The number of thiocarbonyl (C=S) groups is 2. The number of nitrogens with one attached hydrogen (secondary N) is 1. The molecule has 0 saturated carbocycles. The molecular formula is C5H12N2S5. The van der Waals surface area contributed by atoms with Crippen molar-refractivity contribution in [1.82, 2.24) is 9.62 Å². The van der Waals surface area contributed by atoms with Gasteiger partial charge in [0.25, 0.3) is 0 Å². The molecule has 0 bridgehead atoms. The molecule has 0 aromatic carbocycles. The van der Waals surface area contributed by atoms with Gasteiger partial charge in [-0.25, -0.2) is 0 Å². The molecule has 0 spiro atoms. The highest BCUT2D eigenvalue weighted by atomic mass is 32.1. The zero-order valence-electron chi connectivity index (χ0n) is 5.52. The molecule has 12 heavy (non-hydrogen) atoms. The first kappa shape index (κ1) is 15.3. The first-order valence-electron chi connectivity index (χ1n) is 2.70. The van der Waals surface area contributed by atoms with E-state index in [1.54, 1.807) is 0 Å². The molecule has 0 aromatic rings. The Labute approximate surface area is 101 Å². The minimum absolute atomic E-state index is 0. The SMILES string of the molecule is C.S=C(S)NCCN(S)C(=S)S. The van der Waals surface area contributed by atoms with Crippen LogP contribution < -0.4 is 5.32 Å². The van der Waals surface area contributed by atoms with Crippen molar-refractivity contribution >= 4 is 71.1 Å². The van der Waals surface area contributed by atoms with Gasteiger partial charge in [-0.3, -0.25) is 0 Å². The summed E-state index contributed by atoms with van der Waals surface area (Å²) in [6.45, 7) is 1.30. The average molecular weight is 260 g/mol. The second-order valence-corrected chi connectivity index (χ2v) is 4.39. The van der Waals surface area contributed by atoms with Gasteiger partial charge in [-0.05, 0) is 0 Å². The first-order chi connectivity index (χ1) is 5.04. The van der Waals surface area contributed by atoms with Crippen LogP contribution in [0.25, 0.3) is 0 Å². The predicted octanol–water partition coefficient (Wildman–Crippen LogP) is 1.79. The molecule has 2 nitrogen and oxygen atoms in total. The predicted molar refractivity (Wildman–Crippen MR) is 73.6 cm³/mol. The molecule has 0 aromatic heterocycles. The van der Waals surface area contributed by atoms with E-state index in [1.165, 1.54) is 4.31 Å². The normalized spacial score (nSPS) is 8.25. The Morgan fingerprint density at radius 3 is 2.17 bits per heavy atom. The van der Waals surface area contributed by atoms with E-state index >= 15 is 0 Å². The van der Waals surface area contributed by atoms with Gasteiger partial charge in [0.05, 0.1) is 0 Å². The second-order valence-electron chi connectivity index (χ2n) is 1.64. The maximum atomic E-state index is 4.73. The number of nitrogens with zero attached hydrogens (tertiary/aromatic N) is 1. The summed E-state index contributed by atoms with van der Waals surface area (Å²) in [6.07, 6.45) is 0. The Hall–Kier alpha value is 0.830. The van der Waals surface area contributed by atoms with E-state index in [0.29, 0.717) is 21.7 Å². The molecule has 0 rings (SSSR count). The van der Waals surface area contributed by atoms with Crippen molar-refractivity contribution in [2.75, 3.05) is 13.1 Å². The van der Waals surface area contributed by atoms with Gasteiger partial charge in [-0.15, -0.1) is 25.3 Å². The molecule has 0 atom stereocenters. The summed E-state index contributed by atoms with van der Waals surface area (Å²) in [4.78, 5) is 0. The standard InChI is InChI=1S/C4H8N2S5.CH4/c7-3(8)5-1-2-6(11)4(9)10;/h11H,1-2H2,(H,9,10)(H2,5,7,8);1H4. The molecule has 0 heterocycles. The van der Waals surface area contributed by atoms with Crippen LogP contribution in [-0.2, 0) is 0 Å². The molecule has 72 valence electrons. The lowest BCUT2D eigenvalue weighted by molar-refractivity contribution is 0.678. The third-order valence-corrected chi connectivity index (χ3v) is 2.28. The third-order valence-electron chi connectivity index (χ3n) is 0.821. The Morgan fingerprint density at radius 2 is 1.83 bits per heavy atom. The quantitative estimate of drug-likeness (QED) is 0.457. The van der Waals surface area contributed by atoms with Gasteiger partial charge >= 0.3 is 0 Å². The fourth-order valence-corrected chi connectivity index (χ4v) is 0.870. The van der Waals surface area contributed by atoms with Crippen molar-refractivity contribution in [1.29, 1.82) is 0 Å². The molecule has 0 unspecified atom stereocenters. The van der Waals surface area contributed by atoms with Crippen molar-refractivity contribution in [2.24, 2.45) is 0 Å². The van der Waals surface area contributed by atoms with E-state index in [2.05, 4.69) is 55.6 Å². The third kappa shape index (κ3) is 8.92. The maximum absolute atomic E-state index is 4.73. The van der Waals surface area contributed by atoms with Gasteiger partial charge in [0.15, 0.2) is 0 Å². The molecule has 0 aliphatic heterocycles. The highest BCUT2D eigenvalue weighted by molar-refractivity contribution is 8.12. The van der Waals surface area contributed by atoms with E-state index in [4.69, 9.17) is 12.2 Å². The van der Waals surface area contributed by atoms with Crippen molar-refractivity contribution < 1.29 is 0 Å². The molecule has 0 aliphatic carbocycles. The molecule has 0 amide bonds. The Kier molecular flexibility index (Phi) is 10.8. The average Bonchev–Trinajstić information content (AvgIpc) is 1.86. The lowest BCUT2D eigenvalue weighted by Crippen LogP contribution is -2.28. The van der Waals surface area contributed by atoms with Crippen molar-refractivity contribution in [3.8, 4) is 0 Å². The van der Waals surface area contributed by atoms with Gasteiger partial charge in [0, 0.05) is 13.1 Å². The van der Waals surface area contributed by atoms with Gasteiger partial charge in [-0.1, -0.05) is 44.7 Å². The fraction of sp³-hybridized carbons (Fsp3) is 0.600. The van der Waals surface area contributed by atoms with Gasteiger partial charge < -0.3 is 9.62 Å². The molecule has 0 aliphatic rings. The van der Waals surface area contributed by atoms with Gasteiger partial charge in [-0.2, -0.15) is 0 Å². The topological polar surface area (TPSA) is 15.3 Å². The summed E-state index contributed by atoms with van der Waals surface area (Å²) >= 11 is 21.2. The van der Waals surface area contributed by atoms with E-state index in [-0.39, 0.29) is 7.43 Å². The Balaban J connectivity index is 0. The van der Waals surface area contributed by atoms with Crippen molar-refractivity contribution in [2.45, 2.75) is 7.43 Å². The largest absolute Gasteiger partial charge is 0.369 e. The summed E-state index contributed by atoms with van der Waals surface area (Å²) in [5.74, 6) is 0. The van der Waals surface area contributed by atoms with Crippen LogP contribution >= 0.6 is 62.5 Å². The zero-order chi connectivity index (χ0) is 8.85. The van der Waals surface area contributed by atoms with E-state index < -0.39 is 0 Å². The Morgan fingerprint density at radius 1 is 1.33 bits per heavy atom. The minimum atomic E-state index is 0. The van der Waals surface area contributed by atoms with E-state index in [9.17, 15) is 0 Å². The first-order valence-corrected chi connectivity index (χ1v) is 4.81. The lowest BCUT2D eigenvalue weighted by atomic mass is 10.6. The fourth-order valence-electron chi connectivity index (χ4n) is 0.364. The monoisotopic (exact) mass is 260 g/mol. The molecule has 1 N–H and O–H groups in total. The highest BCUT2D eigenvalue weighted by Crippen LogP contribution is 1.98. The van der Waals surface area contributed by atoms with Gasteiger partial charge in [0.1, 0.15) is 8.64 Å². The number of hydrogen-bond acceptors (Lipinski definition) is 3. The van der Waals surface area contributed by atoms with Gasteiger partial charge in [0.2, 0.25) is 0 Å². The van der Waals surface area contributed by atoms with Crippen LogP contribution in [-0.4, -0.2) is 26.0 Å². The van der Waals surface area contributed by atoms with Crippen LogP contribution in [0.3, 0.4) is 0 Å². The van der Waals surface area contributed by atoms with Crippen LogP contribution in [0.5, 0.6) is 0 Å². The van der Waals surface area contributed by atoms with Crippen molar-refractivity contribution in [3.63, 3.8) is 0 Å². The van der Waals surface area contributed by atoms with Crippen LogP contribution in [0.1, 0.15) is 7.43 Å². The summed E-state index contributed by atoms with van der Waals surface area (Å²) in [7, 11) is 0. The summed E-state index contributed by atoms with van der Waals surface area (Å²) in [6, 6.07) is 0. The minimum Gasteiger partial charge on any atom is -0.369 e. The molecule has 0 radical (unpaired) electrons. The molecule has 7 heteroatoms. The van der Waals surface area contributed by atoms with E-state index in [1.807, 2.05) is 0 Å². The van der Waals surface area contributed by atoms with Crippen LogP contribution in [0.15, 0.2) is 0 Å². The second kappa shape index (κ2) is 8.43. The molecule has 0 fully saturated rings. The van der Waals surface area contributed by atoms with Crippen molar-refractivity contribution in [3.05, 3.63) is 0 Å². The van der Waals surface area contributed by atoms with Crippen LogP contribution in [0.4, 0.5) is 0 Å². The highest BCUT2D eigenvalue weighted by Gasteiger charge is 1.98. The smallest absolute Gasteiger partial charge is 0.143 e. The molecule has 0 saturated heterocycles. The zero-order valence-corrected chi connectivity index (χ0v) is 9.84. The maximum Gasteiger partial charge on any atom is 0.143 e. The summed E-state index contributed by atoms with van der Waals surface area (Å²) < 4.78 is 2.45. The number of thiol groups is 3. The lowest BCUT2D eigenvalue weighted by Gasteiger charge is -2.14. The van der Waals surface area contributed by atoms with E-state index in [0.717, 1.165) is 0 Å². The number of rotatable bonds is 3. The van der Waals surface area contributed by atoms with Crippen LogP contribution in [0, 0.1) is 0 Å². The number of hydrogen-bond donors (Lipinski definition) is 4.